The summed E-state index contributed by atoms with van der Waals surface area (Å²) >= 11 is 0. The third-order valence-corrected chi connectivity index (χ3v) is 3.27. The zero-order valence-electron chi connectivity index (χ0n) is 11.6. The summed E-state index contributed by atoms with van der Waals surface area (Å²) in [6, 6.07) is 2.50. The second-order valence-electron chi connectivity index (χ2n) is 5.24. The minimum atomic E-state index is -0.282. The van der Waals surface area contributed by atoms with Gasteiger partial charge in [-0.2, -0.15) is 5.26 Å². The van der Waals surface area contributed by atoms with Crippen LogP contribution in [-0.4, -0.2) is 29.9 Å². The van der Waals surface area contributed by atoms with Gasteiger partial charge in [0.1, 0.15) is 11.6 Å². The molecule has 1 rings (SSSR count). The van der Waals surface area contributed by atoms with Gasteiger partial charge in [0, 0.05) is 25.3 Å². The molecule has 1 amide bonds. The predicted octanol–water partition coefficient (Wildman–Crippen LogP) is 2.18. The van der Waals surface area contributed by atoms with Gasteiger partial charge in [0.2, 0.25) is 0 Å². The van der Waals surface area contributed by atoms with E-state index in [4.69, 9.17) is 5.26 Å². The van der Waals surface area contributed by atoms with Gasteiger partial charge in [0.25, 0.3) is 5.91 Å². The van der Waals surface area contributed by atoms with Crippen molar-refractivity contribution in [2.75, 3.05) is 7.05 Å². The lowest BCUT2D eigenvalue weighted by Gasteiger charge is -2.30. The summed E-state index contributed by atoms with van der Waals surface area (Å²) in [7, 11) is 1.95. The van der Waals surface area contributed by atoms with Crippen LogP contribution in [0.4, 0.5) is 0 Å². The summed E-state index contributed by atoms with van der Waals surface area (Å²) in [6.45, 7) is 3.77. The van der Waals surface area contributed by atoms with Crippen LogP contribution in [-0.2, 0) is 4.79 Å². The second kappa shape index (κ2) is 7.05. The highest BCUT2D eigenvalue weighted by atomic mass is 16.1. The summed E-state index contributed by atoms with van der Waals surface area (Å²) in [5.41, 5.74) is 0.191. The molecule has 1 N–H and O–H groups in total. The molecule has 1 fully saturated rings. The first-order valence-electron chi connectivity index (χ1n) is 6.69. The number of nitrogens with zero attached hydrogens (tertiary/aromatic N) is 2. The van der Waals surface area contributed by atoms with Crippen molar-refractivity contribution in [2.45, 2.75) is 58.0 Å². The van der Waals surface area contributed by atoms with Gasteiger partial charge in [-0.15, -0.1) is 0 Å². The second-order valence-corrected chi connectivity index (χ2v) is 5.24. The lowest BCUT2D eigenvalue weighted by atomic mass is 9.94. The lowest BCUT2D eigenvalue weighted by molar-refractivity contribution is -0.117. The Morgan fingerprint density at radius 1 is 1.39 bits per heavy atom. The highest BCUT2D eigenvalue weighted by Gasteiger charge is 2.18. The summed E-state index contributed by atoms with van der Waals surface area (Å²) < 4.78 is 0. The molecular weight excluding hydrogens is 226 g/mol. The predicted molar refractivity (Wildman–Crippen MR) is 71.6 cm³/mol. The maximum Gasteiger partial charge on any atom is 0.263 e. The molecule has 4 nitrogen and oxygen atoms in total. The van der Waals surface area contributed by atoms with E-state index in [2.05, 4.69) is 5.32 Å². The molecule has 1 aliphatic rings. The minimum Gasteiger partial charge on any atom is -0.376 e. The molecule has 0 aromatic carbocycles. The molecule has 0 atom stereocenters. The number of hydrogen-bond donors (Lipinski definition) is 1. The van der Waals surface area contributed by atoms with Gasteiger partial charge in [0.05, 0.1) is 0 Å². The number of carbonyl (C=O) groups excluding carboxylic acids is 1. The monoisotopic (exact) mass is 249 g/mol. The molecule has 100 valence electrons. The van der Waals surface area contributed by atoms with Gasteiger partial charge in [-0.1, -0.05) is 19.3 Å². The Bertz CT molecular complexity index is 349. The van der Waals surface area contributed by atoms with E-state index in [0.717, 1.165) is 12.8 Å². The summed E-state index contributed by atoms with van der Waals surface area (Å²) in [4.78, 5) is 13.8. The first-order valence-corrected chi connectivity index (χ1v) is 6.69. The molecule has 0 spiro atoms. The van der Waals surface area contributed by atoms with Crippen molar-refractivity contribution in [1.82, 2.24) is 10.2 Å². The summed E-state index contributed by atoms with van der Waals surface area (Å²) in [6.07, 6.45) is 7.77. The Morgan fingerprint density at radius 2 is 2.00 bits per heavy atom. The largest absolute Gasteiger partial charge is 0.376 e. The number of hydrogen-bond acceptors (Lipinski definition) is 3. The van der Waals surface area contributed by atoms with Crippen LogP contribution >= 0.6 is 0 Å². The third kappa shape index (κ3) is 4.40. The molecule has 0 unspecified atom stereocenters. The third-order valence-electron chi connectivity index (χ3n) is 3.27. The highest BCUT2D eigenvalue weighted by Crippen LogP contribution is 2.22. The fourth-order valence-electron chi connectivity index (χ4n) is 2.28. The number of nitriles is 1. The molecule has 0 radical (unpaired) electrons. The zero-order valence-corrected chi connectivity index (χ0v) is 11.6. The number of amides is 1. The van der Waals surface area contributed by atoms with Crippen LogP contribution in [0.3, 0.4) is 0 Å². The lowest BCUT2D eigenvalue weighted by Crippen LogP contribution is -2.34. The smallest absolute Gasteiger partial charge is 0.263 e. The molecule has 0 heterocycles. The Balaban J connectivity index is 2.65. The first kappa shape index (κ1) is 14.6. The highest BCUT2D eigenvalue weighted by molar-refractivity contribution is 5.97. The molecule has 1 saturated carbocycles. The van der Waals surface area contributed by atoms with E-state index in [1.54, 1.807) is 6.20 Å². The van der Waals surface area contributed by atoms with Gasteiger partial charge in [-0.3, -0.25) is 4.79 Å². The van der Waals surface area contributed by atoms with Crippen molar-refractivity contribution in [3.8, 4) is 6.07 Å². The van der Waals surface area contributed by atoms with Crippen molar-refractivity contribution < 1.29 is 4.79 Å². The average Bonchev–Trinajstić information content (AvgIpc) is 2.35. The SMILES string of the molecule is CC(C)NC(=O)/C(C#N)=C\N(C)C1CCCCC1. The molecular formula is C14H23N3O. The molecule has 0 bridgehead atoms. The van der Waals surface area contributed by atoms with Crippen LogP contribution in [0.5, 0.6) is 0 Å². The van der Waals surface area contributed by atoms with Crippen molar-refractivity contribution in [2.24, 2.45) is 0 Å². The van der Waals surface area contributed by atoms with E-state index in [-0.39, 0.29) is 17.5 Å². The topological polar surface area (TPSA) is 56.1 Å². The fraction of sp³-hybridized carbons (Fsp3) is 0.714. The maximum atomic E-state index is 11.8. The van der Waals surface area contributed by atoms with Crippen LogP contribution < -0.4 is 5.32 Å². The first-order chi connectivity index (χ1) is 8.54. The summed E-state index contributed by atoms with van der Waals surface area (Å²) in [5.74, 6) is -0.282. The number of carbonyl (C=O) groups is 1. The van der Waals surface area contributed by atoms with E-state index < -0.39 is 0 Å². The molecule has 18 heavy (non-hydrogen) atoms. The van der Waals surface area contributed by atoms with Crippen molar-refractivity contribution in [3.05, 3.63) is 11.8 Å². The van der Waals surface area contributed by atoms with Crippen LogP contribution in [0.25, 0.3) is 0 Å². The van der Waals surface area contributed by atoms with E-state index >= 15 is 0 Å². The Kier molecular flexibility index (Phi) is 5.70. The molecule has 1 aliphatic carbocycles. The van der Waals surface area contributed by atoms with E-state index in [1.165, 1.54) is 19.3 Å². The van der Waals surface area contributed by atoms with E-state index in [0.29, 0.717) is 6.04 Å². The molecule has 0 aromatic heterocycles. The molecule has 0 saturated heterocycles. The van der Waals surface area contributed by atoms with Crippen molar-refractivity contribution >= 4 is 5.91 Å². The maximum absolute atomic E-state index is 11.8. The number of rotatable bonds is 4. The van der Waals surface area contributed by atoms with E-state index in [1.807, 2.05) is 31.9 Å². The zero-order chi connectivity index (χ0) is 13.5. The quantitative estimate of drug-likeness (QED) is 0.613. The molecule has 0 aromatic rings. The van der Waals surface area contributed by atoms with Crippen LogP contribution in [0.2, 0.25) is 0 Å². The van der Waals surface area contributed by atoms with Gasteiger partial charge in [-0.05, 0) is 26.7 Å². The Hall–Kier alpha value is -1.50. The van der Waals surface area contributed by atoms with E-state index in [9.17, 15) is 4.79 Å². The Labute approximate surface area is 110 Å². The van der Waals surface area contributed by atoms with Gasteiger partial charge in [-0.25, -0.2) is 0 Å². The molecule has 0 aliphatic heterocycles. The minimum absolute atomic E-state index is 0.0502. The van der Waals surface area contributed by atoms with Gasteiger partial charge in [0.15, 0.2) is 0 Å². The van der Waals surface area contributed by atoms with Gasteiger partial charge < -0.3 is 10.2 Å². The number of nitrogens with one attached hydrogen (secondary N) is 1. The van der Waals surface area contributed by atoms with Gasteiger partial charge >= 0.3 is 0 Å². The normalized spacial score (nSPS) is 17.4. The van der Waals surface area contributed by atoms with Crippen LogP contribution in [0.15, 0.2) is 11.8 Å². The van der Waals surface area contributed by atoms with Crippen molar-refractivity contribution in [1.29, 1.82) is 5.26 Å². The van der Waals surface area contributed by atoms with Crippen LogP contribution in [0.1, 0.15) is 46.0 Å². The van der Waals surface area contributed by atoms with Crippen LogP contribution in [0, 0.1) is 11.3 Å². The fourth-order valence-corrected chi connectivity index (χ4v) is 2.28. The van der Waals surface area contributed by atoms with Crippen molar-refractivity contribution in [3.63, 3.8) is 0 Å². The Morgan fingerprint density at radius 3 is 2.50 bits per heavy atom. The standard InChI is InChI=1S/C14H23N3O/c1-11(2)16-14(18)12(9-15)10-17(3)13-7-5-4-6-8-13/h10-11,13H,4-8H2,1-3H3,(H,16,18)/b12-10-. The molecule has 4 heteroatoms. The summed E-state index contributed by atoms with van der Waals surface area (Å²) in [5, 5.41) is 11.8. The average molecular weight is 249 g/mol.